The van der Waals surface area contributed by atoms with Crippen LogP contribution in [0.2, 0.25) is 5.02 Å². The van der Waals surface area contributed by atoms with E-state index < -0.39 is 35.1 Å². The smallest absolute Gasteiger partial charge is 0.257 e. The predicted octanol–water partition coefficient (Wildman–Crippen LogP) is 3.73. The third-order valence-corrected chi connectivity index (χ3v) is 4.30. The van der Waals surface area contributed by atoms with E-state index in [-0.39, 0.29) is 5.92 Å². The number of carbonyl (C=O) groups excluding carboxylic acids is 2. The summed E-state index contributed by atoms with van der Waals surface area (Å²) in [5.41, 5.74) is 0.301. The first kappa shape index (κ1) is 20.8. The van der Waals surface area contributed by atoms with Gasteiger partial charge in [-0.05, 0) is 42.2 Å². The number of hydrogen-bond acceptors (Lipinski definition) is 2. The molecule has 1 atom stereocenters. The minimum absolute atomic E-state index is 0.265. The standard InChI is InChI=1S/C20H21ClF2N2O2/c1-12(2)18(25-19(26)17-15(22)4-3-5-16(17)23)20(27)24-11-10-13-6-8-14(21)9-7-13/h3-9,12,18H,10-11H2,1-2H3,(H,24,27)(H,25,26). The van der Waals surface area contributed by atoms with Crippen LogP contribution in [-0.2, 0) is 11.2 Å². The van der Waals surface area contributed by atoms with Crippen molar-refractivity contribution in [2.75, 3.05) is 6.54 Å². The molecule has 7 heteroatoms. The summed E-state index contributed by atoms with van der Waals surface area (Å²) in [6, 6.07) is 9.49. The van der Waals surface area contributed by atoms with E-state index >= 15 is 0 Å². The number of amides is 2. The molecule has 0 radical (unpaired) electrons. The summed E-state index contributed by atoms with van der Waals surface area (Å²) in [6.45, 7) is 3.83. The highest BCUT2D eigenvalue weighted by Crippen LogP contribution is 2.13. The fourth-order valence-corrected chi connectivity index (χ4v) is 2.68. The molecule has 27 heavy (non-hydrogen) atoms. The van der Waals surface area contributed by atoms with Gasteiger partial charge in [-0.1, -0.05) is 43.6 Å². The summed E-state index contributed by atoms with van der Waals surface area (Å²) >= 11 is 5.83. The van der Waals surface area contributed by atoms with Crippen molar-refractivity contribution in [1.82, 2.24) is 10.6 Å². The SMILES string of the molecule is CC(C)C(NC(=O)c1c(F)cccc1F)C(=O)NCCc1ccc(Cl)cc1. The fraction of sp³-hybridized carbons (Fsp3) is 0.300. The third-order valence-electron chi connectivity index (χ3n) is 4.05. The summed E-state index contributed by atoms with van der Waals surface area (Å²) in [7, 11) is 0. The Labute approximate surface area is 161 Å². The Morgan fingerprint density at radius 1 is 1.04 bits per heavy atom. The minimum Gasteiger partial charge on any atom is -0.354 e. The van der Waals surface area contributed by atoms with Gasteiger partial charge in [-0.2, -0.15) is 0 Å². The van der Waals surface area contributed by atoms with Crippen LogP contribution in [0.1, 0.15) is 29.8 Å². The number of nitrogens with one attached hydrogen (secondary N) is 2. The van der Waals surface area contributed by atoms with E-state index in [1.807, 2.05) is 12.1 Å². The lowest BCUT2D eigenvalue weighted by Crippen LogP contribution is -2.50. The average molecular weight is 395 g/mol. The quantitative estimate of drug-likeness (QED) is 0.751. The lowest BCUT2D eigenvalue weighted by atomic mass is 10.0. The van der Waals surface area contributed by atoms with Gasteiger partial charge >= 0.3 is 0 Å². The van der Waals surface area contributed by atoms with Gasteiger partial charge in [0, 0.05) is 11.6 Å². The summed E-state index contributed by atoms with van der Waals surface area (Å²) in [5, 5.41) is 5.79. The molecule has 4 nitrogen and oxygen atoms in total. The van der Waals surface area contributed by atoms with Crippen LogP contribution in [0, 0.1) is 17.6 Å². The van der Waals surface area contributed by atoms with E-state index in [2.05, 4.69) is 10.6 Å². The highest BCUT2D eigenvalue weighted by molar-refractivity contribution is 6.30. The number of hydrogen-bond donors (Lipinski definition) is 2. The zero-order valence-electron chi connectivity index (χ0n) is 15.1. The Balaban J connectivity index is 1.98. The summed E-state index contributed by atoms with van der Waals surface area (Å²) in [6.07, 6.45) is 0.587. The Hall–Kier alpha value is -2.47. The number of halogens is 3. The average Bonchev–Trinajstić information content (AvgIpc) is 2.60. The van der Waals surface area contributed by atoms with Crippen LogP contribution in [0.3, 0.4) is 0 Å². The molecule has 2 rings (SSSR count). The van der Waals surface area contributed by atoms with Crippen molar-refractivity contribution in [3.63, 3.8) is 0 Å². The van der Waals surface area contributed by atoms with Crippen molar-refractivity contribution >= 4 is 23.4 Å². The highest BCUT2D eigenvalue weighted by atomic mass is 35.5. The third kappa shape index (κ3) is 5.76. The van der Waals surface area contributed by atoms with Crippen molar-refractivity contribution in [2.24, 2.45) is 5.92 Å². The largest absolute Gasteiger partial charge is 0.354 e. The van der Waals surface area contributed by atoms with E-state index in [9.17, 15) is 18.4 Å². The van der Waals surface area contributed by atoms with Gasteiger partial charge in [-0.3, -0.25) is 9.59 Å². The Morgan fingerprint density at radius 3 is 2.19 bits per heavy atom. The van der Waals surface area contributed by atoms with Crippen LogP contribution >= 0.6 is 11.6 Å². The van der Waals surface area contributed by atoms with Crippen LogP contribution in [0.25, 0.3) is 0 Å². The lowest BCUT2D eigenvalue weighted by molar-refractivity contribution is -0.123. The van der Waals surface area contributed by atoms with Crippen LogP contribution in [-0.4, -0.2) is 24.4 Å². The second-order valence-electron chi connectivity index (χ2n) is 6.46. The van der Waals surface area contributed by atoms with Gasteiger partial charge in [0.1, 0.15) is 23.2 Å². The number of carbonyl (C=O) groups is 2. The molecule has 0 heterocycles. The zero-order chi connectivity index (χ0) is 20.0. The van der Waals surface area contributed by atoms with Crippen molar-refractivity contribution in [1.29, 1.82) is 0 Å². The van der Waals surface area contributed by atoms with Gasteiger partial charge in [0.15, 0.2) is 0 Å². The predicted molar refractivity (Wildman–Crippen MR) is 101 cm³/mol. The molecule has 0 spiro atoms. The van der Waals surface area contributed by atoms with Crippen LogP contribution in [0.4, 0.5) is 8.78 Å². The Morgan fingerprint density at radius 2 is 1.63 bits per heavy atom. The van der Waals surface area contributed by atoms with Gasteiger partial charge in [0.25, 0.3) is 5.91 Å². The van der Waals surface area contributed by atoms with Gasteiger partial charge in [0.05, 0.1) is 0 Å². The van der Waals surface area contributed by atoms with Crippen molar-refractivity contribution in [3.8, 4) is 0 Å². The topological polar surface area (TPSA) is 58.2 Å². The van der Waals surface area contributed by atoms with Gasteiger partial charge < -0.3 is 10.6 Å². The van der Waals surface area contributed by atoms with E-state index in [0.717, 1.165) is 17.7 Å². The molecule has 144 valence electrons. The molecule has 2 aromatic carbocycles. The van der Waals surface area contributed by atoms with E-state index in [1.54, 1.807) is 26.0 Å². The van der Waals surface area contributed by atoms with Crippen molar-refractivity contribution in [3.05, 3.63) is 70.2 Å². The lowest BCUT2D eigenvalue weighted by Gasteiger charge is -2.22. The molecule has 2 amide bonds. The Bertz CT molecular complexity index is 790. The first-order chi connectivity index (χ1) is 12.8. The monoisotopic (exact) mass is 394 g/mol. The van der Waals surface area contributed by atoms with Crippen molar-refractivity contribution < 1.29 is 18.4 Å². The molecule has 2 aromatic rings. The second kappa shape index (κ2) is 9.46. The molecule has 0 fully saturated rings. The maximum atomic E-state index is 13.8. The Kier molecular flexibility index (Phi) is 7.30. The molecule has 0 bridgehead atoms. The van der Waals surface area contributed by atoms with Crippen LogP contribution in [0.5, 0.6) is 0 Å². The second-order valence-corrected chi connectivity index (χ2v) is 6.90. The molecule has 0 saturated carbocycles. The van der Waals surface area contributed by atoms with Crippen LogP contribution in [0.15, 0.2) is 42.5 Å². The molecule has 0 aliphatic heterocycles. The maximum absolute atomic E-state index is 13.8. The number of rotatable bonds is 7. The van der Waals surface area contributed by atoms with Gasteiger partial charge in [-0.25, -0.2) is 8.78 Å². The summed E-state index contributed by atoms with van der Waals surface area (Å²) in [4.78, 5) is 24.7. The molecule has 0 aromatic heterocycles. The highest BCUT2D eigenvalue weighted by Gasteiger charge is 2.27. The molecule has 0 aliphatic carbocycles. The normalized spacial score (nSPS) is 11.9. The summed E-state index contributed by atoms with van der Waals surface area (Å²) in [5.74, 6) is -3.59. The van der Waals surface area contributed by atoms with E-state index in [0.29, 0.717) is 18.0 Å². The fourth-order valence-electron chi connectivity index (χ4n) is 2.55. The molecule has 0 saturated heterocycles. The summed E-state index contributed by atoms with van der Waals surface area (Å²) < 4.78 is 27.5. The zero-order valence-corrected chi connectivity index (χ0v) is 15.8. The minimum atomic E-state index is -0.974. The first-order valence-corrected chi connectivity index (χ1v) is 8.94. The molecule has 0 aliphatic rings. The molecular formula is C20H21ClF2N2O2. The van der Waals surface area contributed by atoms with E-state index in [4.69, 9.17) is 11.6 Å². The molecule has 1 unspecified atom stereocenters. The number of benzene rings is 2. The van der Waals surface area contributed by atoms with Crippen molar-refractivity contribution in [2.45, 2.75) is 26.3 Å². The maximum Gasteiger partial charge on any atom is 0.257 e. The first-order valence-electron chi connectivity index (χ1n) is 8.56. The van der Waals surface area contributed by atoms with Gasteiger partial charge in [0.2, 0.25) is 5.91 Å². The van der Waals surface area contributed by atoms with Gasteiger partial charge in [-0.15, -0.1) is 0 Å². The molecular weight excluding hydrogens is 374 g/mol. The van der Waals surface area contributed by atoms with Crippen LogP contribution < -0.4 is 10.6 Å². The molecule has 2 N–H and O–H groups in total. The van der Waals surface area contributed by atoms with E-state index in [1.165, 1.54) is 6.07 Å².